The highest BCUT2D eigenvalue weighted by Crippen LogP contribution is 2.45. The highest BCUT2D eigenvalue weighted by molar-refractivity contribution is 5.45. The van der Waals surface area contributed by atoms with Gasteiger partial charge in [0.05, 0.1) is 14.2 Å². The molecule has 0 spiro atoms. The van der Waals surface area contributed by atoms with Crippen molar-refractivity contribution < 1.29 is 9.47 Å². The van der Waals surface area contributed by atoms with Crippen molar-refractivity contribution in [1.82, 2.24) is 0 Å². The van der Waals surface area contributed by atoms with Gasteiger partial charge in [-0.15, -0.1) is 0 Å². The van der Waals surface area contributed by atoms with Gasteiger partial charge in [0.25, 0.3) is 0 Å². The summed E-state index contributed by atoms with van der Waals surface area (Å²) in [5.74, 6) is 2.39. The molecule has 2 rings (SSSR count). The van der Waals surface area contributed by atoms with E-state index in [9.17, 15) is 0 Å². The van der Waals surface area contributed by atoms with E-state index in [-0.39, 0.29) is 5.54 Å². The Bertz CT molecular complexity index is 419. The topological polar surface area (TPSA) is 44.5 Å². The Labute approximate surface area is 109 Å². The van der Waals surface area contributed by atoms with Crippen molar-refractivity contribution in [3.05, 3.63) is 23.8 Å². The molecule has 0 amide bonds. The van der Waals surface area contributed by atoms with Crippen molar-refractivity contribution in [2.75, 3.05) is 14.2 Å². The molecule has 1 aromatic rings. The van der Waals surface area contributed by atoms with Gasteiger partial charge in [0, 0.05) is 17.2 Å². The van der Waals surface area contributed by atoms with Gasteiger partial charge in [-0.25, -0.2) is 0 Å². The Morgan fingerprint density at radius 1 is 1.33 bits per heavy atom. The van der Waals surface area contributed by atoms with E-state index >= 15 is 0 Å². The third kappa shape index (κ3) is 2.32. The maximum Gasteiger partial charge on any atom is 0.127 e. The Balaban J connectivity index is 2.32. The molecule has 0 bridgehead atoms. The van der Waals surface area contributed by atoms with E-state index in [1.54, 1.807) is 14.2 Å². The second-order valence-electron chi connectivity index (χ2n) is 5.24. The molecule has 3 heteroatoms. The number of methoxy groups -OCH3 is 2. The van der Waals surface area contributed by atoms with Crippen molar-refractivity contribution in [3.63, 3.8) is 0 Å². The zero-order valence-electron chi connectivity index (χ0n) is 11.5. The van der Waals surface area contributed by atoms with Crippen molar-refractivity contribution in [3.8, 4) is 11.5 Å². The average Bonchev–Trinajstić information content (AvgIpc) is 2.81. The number of nitrogens with two attached hydrogens (primary N) is 1. The number of benzene rings is 1. The van der Waals surface area contributed by atoms with E-state index in [0.717, 1.165) is 35.8 Å². The van der Waals surface area contributed by atoms with Gasteiger partial charge < -0.3 is 15.2 Å². The Morgan fingerprint density at radius 2 is 2.11 bits per heavy atom. The van der Waals surface area contributed by atoms with Crippen LogP contribution in [0.4, 0.5) is 0 Å². The first-order valence-corrected chi connectivity index (χ1v) is 6.64. The molecule has 0 aliphatic heterocycles. The highest BCUT2D eigenvalue weighted by atomic mass is 16.5. The summed E-state index contributed by atoms with van der Waals surface area (Å²) in [5, 5.41) is 0. The summed E-state index contributed by atoms with van der Waals surface area (Å²) in [4.78, 5) is 0. The molecule has 100 valence electrons. The maximum atomic E-state index is 6.59. The van der Waals surface area contributed by atoms with Crippen LogP contribution in [0.1, 0.15) is 38.2 Å². The molecule has 3 nitrogen and oxygen atoms in total. The largest absolute Gasteiger partial charge is 0.497 e. The number of hydrogen-bond donors (Lipinski definition) is 1. The third-order valence-corrected chi connectivity index (χ3v) is 4.17. The van der Waals surface area contributed by atoms with Gasteiger partial charge >= 0.3 is 0 Å². The lowest BCUT2D eigenvalue weighted by Gasteiger charge is -2.27. The van der Waals surface area contributed by atoms with E-state index in [1.165, 1.54) is 12.8 Å². The second-order valence-corrected chi connectivity index (χ2v) is 5.24. The van der Waals surface area contributed by atoms with E-state index in [0.29, 0.717) is 0 Å². The monoisotopic (exact) mass is 249 g/mol. The van der Waals surface area contributed by atoms with E-state index in [4.69, 9.17) is 15.2 Å². The fraction of sp³-hybridized carbons (Fsp3) is 0.600. The molecule has 2 N–H and O–H groups in total. The van der Waals surface area contributed by atoms with Crippen LogP contribution >= 0.6 is 0 Å². The van der Waals surface area contributed by atoms with Gasteiger partial charge in [0.15, 0.2) is 0 Å². The number of hydrogen-bond acceptors (Lipinski definition) is 3. The first kappa shape index (κ1) is 13.2. The molecule has 0 heterocycles. The summed E-state index contributed by atoms with van der Waals surface area (Å²) in [6.07, 6.45) is 4.50. The predicted molar refractivity (Wildman–Crippen MR) is 73.0 cm³/mol. The SMILES string of the molecule is CCC1CCC(N)(c2ccc(OC)cc2OC)C1. The molecule has 0 radical (unpaired) electrons. The second kappa shape index (κ2) is 5.19. The maximum absolute atomic E-state index is 6.59. The summed E-state index contributed by atoms with van der Waals surface area (Å²) in [7, 11) is 3.35. The van der Waals surface area contributed by atoms with Crippen LogP contribution < -0.4 is 15.2 Å². The first-order valence-electron chi connectivity index (χ1n) is 6.64. The van der Waals surface area contributed by atoms with Gasteiger partial charge in [0.2, 0.25) is 0 Å². The fourth-order valence-electron chi connectivity index (χ4n) is 2.98. The first-order chi connectivity index (χ1) is 8.62. The molecule has 1 aliphatic rings. The van der Waals surface area contributed by atoms with Crippen LogP contribution in [0.2, 0.25) is 0 Å². The quantitative estimate of drug-likeness (QED) is 0.892. The lowest BCUT2D eigenvalue weighted by atomic mass is 9.87. The van der Waals surface area contributed by atoms with E-state index < -0.39 is 0 Å². The molecular weight excluding hydrogens is 226 g/mol. The zero-order valence-corrected chi connectivity index (χ0v) is 11.5. The van der Waals surface area contributed by atoms with Crippen LogP contribution in [0.25, 0.3) is 0 Å². The molecule has 1 aliphatic carbocycles. The molecule has 1 aromatic carbocycles. The lowest BCUT2D eigenvalue weighted by Crippen LogP contribution is -2.34. The van der Waals surface area contributed by atoms with E-state index in [1.807, 2.05) is 12.1 Å². The smallest absolute Gasteiger partial charge is 0.127 e. The van der Waals surface area contributed by atoms with Crippen LogP contribution in [0.3, 0.4) is 0 Å². The number of ether oxygens (including phenoxy) is 2. The standard InChI is InChI=1S/C15H23NO2/c1-4-11-7-8-15(16,10-11)13-6-5-12(17-2)9-14(13)18-3/h5-6,9,11H,4,7-8,10,16H2,1-3H3. The van der Waals surface area contributed by atoms with E-state index in [2.05, 4.69) is 13.0 Å². The van der Waals surface area contributed by atoms with Gasteiger partial charge in [0.1, 0.15) is 11.5 Å². The molecular formula is C15H23NO2. The summed E-state index contributed by atoms with van der Waals surface area (Å²) >= 11 is 0. The van der Waals surface area contributed by atoms with Crippen LogP contribution in [-0.2, 0) is 5.54 Å². The van der Waals surface area contributed by atoms with Crippen molar-refractivity contribution in [2.24, 2.45) is 11.7 Å². The fourth-order valence-corrected chi connectivity index (χ4v) is 2.98. The zero-order chi connectivity index (χ0) is 13.2. The minimum Gasteiger partial charge on any atom is -0.497 e. The predicted octanol–water partition coefficient (Wildman–Crippen LogP) is 3.07. The Morgan fingerprint density at radius 3 is 2.67 bits per heavy atom. The summed E-state index contributed by atoms with van der Waals surface area (Å²) < 4.78 is 10.7. The van der Waals surface area contributed by atoms with Crippen LogP contribution in [-0.4, -0.2) is 14.2 Å². The summed E-state index contributed by atoms with van der Waals surface area (Å²) in [6.45, 7) is 2.24. The average molecular weight is 249 g/mol. The van der Waals surface area contributed by atoms with Gasteiger partial charge in [-0.3, -0.25) is 0 Å². The summed E-state index contributed by atoms with van der Waals surface area (Å²) in [5.41, 5.74) is 7.47. The van der Waals surface area contributed by atoms with Gasteiger partial charge in [-0.2, -0.15) is 0 Å². The summed E-state index contributed by atoms with van der Waals surface area (Å²) in [6, 6.07) is 5.94. The lowest BCUT2D eigenvalue weighted by molar-refractivity contribution is 0.363. The van der Waals surface area contributed by atoms with Crippen LogP contribution in [0, 0.1) is 5.92 Å². The normalized spacial score (nSPS) is 27.2. The molecule has 0 saturated heterocycles. The minimum atomic E-state index is -0.238. The van der Waals surface area contributed by atoms with Crippen LogP contribution in [0.15, 0.2) is 18.2 Å². The van der Waals surface area contributed by atoms with Crippen molar-refractivity contribution in [1.29, 1.82) is 0 Å². The highest BCUT2D eigenvalue weighted by Gasteiger charge is 2.38. The third-order valence-electron chi connectivity index (χ3n) is 4.17. The van der Waals surface area contributed by atoms with Crippen LogP contribution in [0.5, 0.6) is 11.5 Å². The molecule has 0 aromatic heterocycles. The van der Waals surface area contributed by atoms with Crippen molar-refractivity contribution in [2.45, 2.75) is 38.1 Å². The van der Waals surface area contributed by atoms with Gasteiger partial charge in [-0.1, -0.05) is 13.3 Å². The molecule has 18 heavy (non-hydrogen) atoms. The molecule has 2 unspecified atom stereocenters. The van der Waals surface area contributed by atoms with Crippen molar-refractivity contribution >= 4 is 0 Å². The molecule has 1 saturated carbocycles. The Kier molecular flexibility index (Phi) is 3.81. The minimum absolute atomic E-state index is 0.238. The Hall–Kier alpha value is -1.22. The molecule has 1 fully saturated rings. The molecule has 2 atom stereocenters. The number of rotatable bonds is 4. The van der Waals surface area contributed by atoms with Gasteiger partial charge in [-0.05, 0) is 37.3 Å².